The van der Waals surface area contributed by atoms with Crippen LogP contribution < -0.4 is 10.1 Å². The molecule has 10 heteroatoms. The number of allylic oxidation sites excluding steroid dienone is 2. The third-order valence-corrected chi connectivity index (χ3v) is 8.23. The number of nitro groups is 1. The summed E-state index contributed by atoms with van der Waals surface area (Å²) >= 11 is 4.38. The van der Waals surface area contributed by atoms with E-state index in [1.165, 1.54) is 12.1 Å². The number of nitrogens with zero attached hydrogens (tertiary/aromatic N) is 1. The van der Waals surface area contributed by atoms with Crippen molar-refractivity contribution in [1.82, 2.24) is 5.32 Å². The summed E-state index contributed by atoms with van der Waals surface area (Å²) in [6.07, 6.45) is 0. The van der Waals surface area contributed by atoms with Crippen molar-refractivity contribution in [2.24, 2.45) is 0 Å². The summed E-state index contributed by atoms with van der Waals surface area (Å²) < 4.78 is 13.1. The summed E-state index contributed by atoms with van der Waals surface area (Å²) in [6, 6.07) is 17.5. The molecule has 3 aromatic rings. The number of carbonyl (C=O) groups is 2. The maximum Gasteiger partial charge on any atom is 0.336 e. The van der Waals surface area contributed by atoms with E-state index >= 15 is 0 Å². The van der Waals surface area contributed by atoms with Gasteiger partial charge in [-0.25, -0.2) is 4.79 Å². The Morgan fingerprint density at radius 1 is 1.05 bits per heavy atom. The fraction of sp³-hybridized carbons (Fsp3) is 0.172. The molecule has 0 fully saturated rings. The molecule has 0 amide bonds. The fourth-order valence-corrected chi connectivity index (χ4v) is 7.02. The van der Waals surface area contributed by atoms with Crippen LogP contribution in [0.25, 0.3) is 5.70 Å². The van der Waals surface area contributed by atoms with Crippen LogP contribution in [0.3, 0.4) is 0 Å². The third kappa shape index (κ3) is 5.07. The van der Waals surface area contributed by atoms with Crippen LogP contribution in [0.5, 0.6) is 5.75 Å². The zero-order chi connectivity index (χ0) is 27.8. The number of nitro benzene ring substituents is 1. The van der Waals surface area contributed by atoms with Crippen LogP contribution in [0.2, 0.25) is 0 Å². The molecule has 1 N–H and O–H groups in total. The first-order chi connectivity index (χ1) is 18.7. The monoisotopic (exact) mass is 748 g/mol. The standard InChI is InChI=1S/C29H22I2N2O6/c1-3-38-29(35)23-15(2)32-26-19-6-4-5-7-20(19)27(34)25(26)24(23)17-12-21(30)28(22(31)13-17)39-14-16-8-10-18(11-9-16)33(36)37/h4-13,24,32H,3,14H2,1-2H3/t24-/m0/s1. The van der Waals surface area contributed by atoms with Crippen molar-refractivity contribution >= 4 is 68.3 Å². The molecular formula is C29H22I2N2O6. The van der Waals surface area contributed by atoms with Crippen molar-refractivity contribution < 1.29 is 24.0 Å². The molecule has 198 valence electrons. The number of hydrogen-bond acceptors (Lipinski definition) is 7. The third-order valence-electron chi connectivity index (χ3n) is 6.63. The van der Waals surface area contributed by atoms with E-state index in [0.717, 1.165) is 29.5 Å². The number of Topliss-reactive ketones (excluding diaryl/α,β-unsaturated/α-hetero) is 1. The van der Waals surface area contributed by atoms with Gasteiger partial charge in [0.1, 0.15) is 12.4 Å². The first kappa shape index (κ1) is 27.3. The Kier molecular flexibility index (Phi) is 7.76. The quantitative estimate of drug-likeness (QED) is 0.127. The zero-order valence-electron chi connectivity index (χ0n) is 20.9. The number of nitrogens with one attached hydrogen (secondary N) is 1. The van der Waals surface area contributed by atoms with Gasteiger partial charge in [0.05, 0.1) is 29.9 Å². The largest absolute Gasteiger partial charge is 0.487 e. The Morgan fingerprint density at radius 3 is 2.31 bits per heavy atom. The zero-order valence-corrected chi connectivity index (χ0v) is 25.2. The van der Waals surface area contributed by atoms with Gasteiger partial charge < -0.3 is 14.8 Å². The van der Waals surface area contributed by atoms with E-state index in [4.69, 9.17) is 9.47 Å². The first-order valence-electron chi connectivity index (χ1n) is 12.1. The van der Waals surface area contributed by atoms with E-state index in [0.29, 0.717) is 28.2 Å². The lowest BCUT2D eigenvalue weighted by molar-refractivity contribution is -0.384. The van der Waals surface area contributed by atoms with Gasteiger partial charge in [-0.1, -0.05) is 24.3 Å². The number of non-ortho nitro benzene ring substituents is 1. The van der Waals surface area contributed by atoms with E-state index in [1.807, 2.05) is 37.3 Å². The summed E-state index contributed by atoms with van der Waals surface area (Å²) in [4.78, 5) is 37.4. The van der Waals surface area contributed by atoms with E-state index in [9.17, 15) is 19.7 Å². The van der Waals surface area contributed by atoms with Crippen molar-refractivity contribution in [3.8, 4) is 5.75 Å². The summed E-state index contributed by atoms with van der Waals surface area (Å²) in [5.41, 5.74) is 5.31. The van der Waals surface area contributed by atoms with Crippen molar-refractivity contribution in [1.29, 1.82) is 0 Å². The van der Waals surface area contributed by atoms with Crippen molar-refractivity contribution in [2.75, 3.05) is 6.61 Å². The molecule has 39 heavy (non-hydrogen) atoms. The Labute approximate surface area is 251 Å². The van der Waals surface area contributed by atoms with Crippen LogP contribution in [0.4, 0.5) is 5.69 Å². The normalized spacial score (nSPS) is 16.0. The number of esters is 1. The van der Waals surface area contributed by atoms with E-state index in [2.05, 4.69) is 50.5 Å². The minimum Gasteiger partial charge on any atom is -0.487 e. The predicted molar refractivity (Wildman–Crippen MR) is 162 cm³/mol. The molecule has 0 radical (unpaired) electrons. The molecule has 0 saturated heterocycles. The fourth-order valence-electron chi connectivity index (χ4n) is 4.90. The molecular weight excluding hydrogens is 726 g/mol. The molecule has 0 saturated carbocycles. The SMILES string of the molecule is CCOC(=O)C1=C(C)NC2=C(C(=O)c3ccccc32)[C@H]1c1cc(I)c(OCc2ccc([N+](=O)[O-])cc2)c(I)c1. The summed E-state index contributed by atoms with van der Waals surface area (Å²) in [5, 5.41) is 14.2. The van der Waals surface area contributed by atoms with Gasteiger partial charge in [-0.3, -0.25) is 14.9 Å². The van der Waals surface area contributed by atoms with E-state index < -0.39 is 16.8 Å². The number of carbonyl (C=O) groups excluding carboxylic acids is 2. The van der Waals surface area contributed by atoms with Crippen LogP contribution in [0.15, 0.2) is 77.5 Å². The predicted octanol–water partition coefficient (Wildman–Crippen LogP) is 6.51. The van der Waals surface area contributed by atoms with Crippen LogP contribution in [-0.2, 0) is 16.1 Å². The Morgan fingerprint density at radius 2 is 1.69 bits per heavy atom. The van der Waals surface area contributed by atoms with Gasteiger partial charge in [-0.2, -0.15) is 0 Å². The molecule has 8 nitrogen and oxygen atoms in total. The molecule has 0 spiro atoms. The van der Waals surface area contributed by atoms with Crippen LogP contribution in [0.1, 0.15) is 46.8 Å². The maximum absolute atomic E-state index is 13.7. The van der Waals surface area contributed by atoms with Crippen molar-refractivity contribution in [3.05, 3.63) is 117 Å². The Hall–Kier alpha value is -3.26. The molecule has 1 aliphatic heterocycles. The Balaban J connectivity index is 1.53. The highest BCUT2D eigenvalue weighted by atomic mass is 127. The Bertz CT molecular complexity index is 1570. The van der Waals surface area contributed by atoms with Gasteiger partial charge in [0.2, 0.25) is 0 Å². The molecule has 0 unspecified atom stereocenters. The van der Waals surface area contributed by atoms with Crippen molar-refractivity contribution in [2.45, 2.75) is 26.4 Å². The molecule has 5 rings (SSSR count). The van der Waals surface area contributed by atoms with Crippen LogP contribution >= 0.6 is 45.2 Å². The second-order valence-electron chi connectivity index (χ2n) is 9.01. The number of hydrogen-bond donors (Lipinski definition) is 1. The number of benzene rings is 3. The maximum atomic E-state index is 13.7. The number of rotatable bonds is 7. The van der Waals surface area contributed by atoms with E-state index in [-0.39, 0.29) is 24.7 Å². The number of fused-ring (bicyclic) bond motifs is 2. The highest BCUT2D eigenvalue weighted by Gasteiger charge is 2.43. The van der Waals surface area contributed by atoms with Gasteiger partial charge in [0.25, 0.3) is 5.69 Å². The number of dihydropyridines is 1. The van der Waals surface area contributed by atoms with Crippen LogP contribution in [-0.4, -0.2) is 23.3 Å². The summed E-state index contributed by atoms with van der Waals surface area (Å²) in [6.45, 7) is 4.02. The number of halogens is 2. The van der Waals surface area contributed by atoms with Gasteiger partial charge in [0, 0.05) is 40.4 Å². The lowest BCUT2D eigenvalue weighted by Crippen LogP contribution is -2.29. The van der Waals surface area contributed by atoms with Crippen LogP contribution in [0, 0.1) is 17.3 Å². The minimum atomic E-state index is -0.619. The highest BCUT2D eigenvalue weighted by Crippen LogP contribution is 2.48. The van der Waals surface area contributed by atoms with Gasteiger partial charge in [0.15, 0.2) is 5.78 Å². The average Bonchev–Trinajstić information content (AvgIpc) is 3.19. The molecule has 0 bridgehead atoms. The smallest absolute Gasteiger partial charge is 0.336 e. The molecule has 0 aromatic heterocycles. The minimum absolute atomic E-state index is 0.0206. The van der Waals surface area contributed by atoms with Gasteiger partial charge in [-0.15, -0.1) is 0 Å². The lowest BCUT2D eigenvalue weighted by atomic mass is 9.80. The topological polar surface area (TPSA) is 108 Å². The molecule has 1 heterocycles. The lowest BCUT2D eigenvalue weighted by Gasteiger charge is -2.29. The second-order valence-corrected chi connectivity index (χ2v) is 11.3. The molecule has 3 aromatic carbocycles. The molecule has 2 aliphatic rings. The van der Waals surface area contributed by atoms with Gasteiger partial charge >= 0.3 is 5.97 Å². The number of ketones is 1. The number of ether oxygens (including phenoxy) is 2. The second kappa shape index (κ2) is 11.1. The molecule has 1 aliphatic carbocycles. The first-order valence-corrected chi connectivity index (χ1v) is 14.2. The highest BCUT2D eigenvalue weighted by molar-refractivity contribution is 14.1. The average molecular weight is 748 g/mol. The summed E-state index contributed by atoms with van der Waals surface area (Å²) in [5.74, 6) is -0.547. The van der Waals surface area contributed by atoms with E-state index in [1.54, 1.807) is 25.1 Å². The molecule has 1 atom stereocenters. The van der Waals surface area contributed by atoms with Crippen molar-refractivity contribution in [3.63, 3.8) is 0 Å². The van der Waals surface area contributed by atoms with Gasteiger partial charge in [-0.05, 0) is 94.4 Å². The summed E-state index contributed by atoms with van der Waals surface area (Å²) in [7, 11) is 0.